The Balaban J connectivity index is 2.39. The Kier molecular flexibility index (Phi) is 0.931. The van der Waals surface area contributed by atoms with Crippen LogP contribution in [0.5, 0.6) is 0 Å². The molecular weight excluding hydrogens is 118 g/mol. The van der Waals surface area contributed by atoms with E-state index >= 15 is 0 Å². The van der Waals surface area contributed by atoms with Crippen LogP contribution in [0.15, 0.2) is 0 Å². The lowest BCUT2D eigenvalue weighted by molar-refractivity contribution is -0.157. The number of carbonyl (C=O) groups excluding carboxylic acids is 1. The summed E-state index contributed by atoms with van der Waals surface area (Å²) >= 11 is 0. The van der Waals surface area contributed by atoms with E-state index in [1.165, 1.54) is 0 Å². The average molecular weight is 132 g/mol. The van der Waals surface area contributed by atoms with E-state index in [4.69, 9.17) is 8.85 Å². The summed E-state index contributed by atoms with van der Waals surface area (Å²) in [6, 6.07) is 0. The van der Waals surface area contributed by atoms with Crippen molar-refractivity contribution in [2.24, 2.45) is 5.92 Å². The van der Waals surface area contributed by atoms with Gasteiger partial charge in [-0.05, 0) is 0 Å². The lowest BCUT2D eigenvalue weighted by Crippen LogP contribution is -2.48. The van der Waals surface area contributed by atoms with Crippen LogP contribution >= 0.6 is 0 Å². The number of hydrogen-bond donors (Lipinski definition) is 1. The van der Waals surface area contributed by atoms with Gasteiger partial charge in [0.15, 0.2) is 0 Å². The van der Waals surface area contributed by atoms with E-state index in [2.05, 4.69) is 0 Å². The van der Waals surface area contributed by atoms with Gasteiger partial charge in [0.1, 0.15) is 6.10 Å². The second-order valence-corrected chi connectivity index (χ2v) is 2.22. The van der Waals surface area contributed by atoms with E-state index < -0.39 is 19.0 Å². The van der Waals surface area contributed by atoms with Gasteiger partial charge in [0.25, 0.3) is 0 Å². The van der Waals surface area contributed by atoms with Crippen molar-refractivity contribution in [2.45, 2.75) is 13.0 Å². The van der Waals surface area contributed by atoms with E-state index in [1.54, 1.807) is 0 Å². The maximum absolute atomic E-state index is 11.1. The van der Waals surface area contributed by atoms with E-state index in [0.29, 0.717) is 6.61 Å². The molecule has 1 rings (SSSR count). The Morgan fingerprint density at radius 1 is 2.00 bits per heavy atom. The second kappa shape index (κ2) is 2.35. The number of rotatable bonds is 1. The fraction of sp³-hybridized carbons (Fsp3) is 0.833. The van der Waals surface area contributed by atoms with Crippen molar-refractivity contribution >= 4 is 5.91 Å². The van der Waals surface area contributed by atoms with Crippen LogP contribution in [-0.2, 0) is 9.53 Å². The topological polar surface area (TPSA) is 38.3 Å². The Morgan fingerprint density at radius 3 is 3.11 bits per heavy atom. The van der Waals surface area contributed by atoms with Crippen LogP contribution in [0.1, 0.15) is 11.0 Å². The van der Waals surface area contributed by atoms with Crippen LogP contribution in [-0.4, -0.2) is 25.6 Å². The Hall–Kier alpha value is -0.570. The standard InChI is InChI=1S/C6H11NO2/c1-4-3-9-5(4)6(8)7-2/h4-5H,3H2,1-2H3,(H,7,8)/i2D3. The van der Waals surface area contributed by atoms with E-state index in [0.717, 1.165) is 0 Å². The molecule has 0 bridgehead atoms. The van der Waals surface area contributed by atoms with Crippen molar-refractivity contribution in [3.05, 3.63) is 0 Å². The van der Waals surface area contributed by atoms with Gasteiger partial charge in [-0.25, -0.2) is 0 Å². The molecule has 1 fully saturated rings. The van der Waals surface area contributed by atoms with Crippen LogP contribution in [0.4, 0.5) is 0 Å². The summed E-state index contributed by atoms with van der Waals surface area (Å²) in [6.45, 7) is -0.0396. The van der Waals surface area contributed by atoms with Crippen molar-refractivity contribution in [3.63, 3.8) is 0 Å². The minimum Gasteiger partial charge on any atom is -0.368 e. The van der Waals surface area contributed by atoms with Gasteiger partial charge >= 0.3 is 0 Å². The van der Waals surface area contributed by atoms with Crippen molar-refractivity contribution in [1.29, 1.82) is 0 Å². The molecule has 3 heteroatoms. The van der Waals surface area contributed by atoms with Gasteiger partial charge in [-0.2, -0.15) is 0 Å². The summed E-state index contributed by atoms with van der Waals surface area (Å²) in [5, 5.41) is 1.89. The third-order valence-electron chi connectivity index (χ3n) is 1.44. The maximum atomic E-state index is 11.1. The highest BCUT2D eigenvalue weighted by atomic mass is 16.5. The Bertz CT molecular complexity index is 192. The molecule has 0 aromatic carbocycles. The van der Waals surface area contributed by atoms with E-state index in [1.807, 2.05) is 12.2 Å². The Labute approximate surface area is 58.6 Å². The Morgan fingerprint density at radius 2 is 2.78 bits per heavy atom. The molecule has 0 aliphatic carbocycles. The summed E-state index contributed by atoms with van der Waals surface area (Å²) in [4.78, 5) is 11.1. The molecule has 1 N–H and O–H groups in total. The first-order valence-electron chi connectivity index (χ1n) is 4.34. The molecule has 1 heterocycles. The lowest BCUT2D eigenvalue weighted by atomic mass is 10.0. The quantitative estimate of drug-likeness (QED) is 0.535. The molecule has 0 radical (unpaired) electrons. The molecule has 3 nitrogen and oxygen atoms in total. The average Bonchev–Trinajstić information content (AvgIpc) is 1.79. The summed E-state index contributed by atoms with van der Waals surface area (Å²) in [6.07, 6.45) is -0.578. The SMILES string of the molecule is [2H]C([2H])([2H])NC(=O)C1OCC1C. The second-order valence-electron chi connectivity index (χ2n) is 2.22. The van der Waals surface area contributed by atoms with Crippen molar-refractivity contribution in [2.75, 3.05) is 13.6 Å². The molecular formula is C6H11NO2. The van der Waals surface area contributed by atoms with E-state index in [-0.39, 0.29) is 5.92 Å². The summed E-state index contributed by atoms with van der Waals surface area (Å²) in [7, 11) is 0. The van der Waals surface area contributed by atoms with Gasteiger partial charge in [0.2, 0.25) is 5.91 Å². The van der Waals surface area contributed by atoms with Gasteiger partial charge in [-0.1, -0.05) is 6.92 Å². The molecule has 9 heavy (non-hydrogen) atoms. The van der Waals surface area contributed by atoms with Crippen LogP contribution in [0, 0.1) is 5.92 Å². The van der Waals surface area contributed by atoms with Crippen LogP contribution < -0.4 is 5.32 Å². The summed E-state index contributed by atoms with van der Waals surface area (Å²) in [5.41, 5.74) is 0. The van der Waals surface area contributed by atoms with Crippen LogP contribution in [0.2, 0.25) is 0 Å². The minimum atomic E-state index is -2.41. The van der Waals surface area contributed by atoms with Gasteiger partial charge in [0, 0.05) is 17.0 Å². The molecule has 1 saturated heterocycles. The van der Waals surface area contributed by atoms with Crippen molar-refractivity contribution in [3.8, 4) is 0 Å². The first-order chi connectivity index (χ1) is 5.40. The maximum Gasteiger partial charge on any atom is 0.249 e. The fourth-order valence-corrected chi connectivity index (χ4v) is 0.790. The molecule has 1 amide bonds. The minimum absolute atomic E-state index is 0.118. The number of nitrogens with one attached hydrogen (secondary N) is 1. The molecule has 1 aliphatic heterocycles. The van der Waals surface area contributed by atoms with E-state index in [9.17, 15) is 4.79 Å². The number of carbonyl (C=O) groups is 1. The zero-order valence-electron chi connectivity index (χ0n) is 8.18. The number of likely N-dealkylation sites (N-methyl/N-ethyl adjacent to an activating group) is 1. The third-order valence-corrected chi connectivity index (χ3v) is 1.44. The monoisotopic (exact) mass is 132 g/mol. The first-order valence-corrected chi connectivity index (χ1v) is 2.84. The lowest BCUT2D eigenvalue weighted by Gasteiger charge is -2.32. The molecule has 0 aromatic heterocycles. The zero-order chi connectivity index (χ0) is 9.35. The highest BCUT2D eigenvalue weighted by molar-refractivity contribution is 5.81. The highest BCUT2D eigenvalue weighted by Crippen LogP contribution is 2.18. The van der Waals surface area contributed by atoms with Crippen molar-refractivity contribution in [1.82, 2.24) is 5.32 Å². The molecule has 0 saturated carbocycles. The number of amides is 1. The van der Waals surface area contributed by atoms with Crippen LogP contribution in [0.25, 0.3) is 0 Å². The normalized spacial score (nSPS) is 39.4. The van der Waals surface area contributed by atoms with Gasteiger partial charge < -0.3 is 10.1 Å². The predicted molar refractivity (Wildman–Crippen MR) is 33.0 cm³/mol. The molecule has 0 spiro atoms. The molecule has 1 aliphatic rings. The predicted octanol–water partition coefficient (Wildman–Crippen LogP) is -0.233. The molecule has 2 unspecified atom stereocenters. The van der Waals surface area contributed by atoms with Gasteiger partial charge in [-0.15, -0.1) is 0 Å². The first kappa shape index (κ1) is 3.56. The smallest absolute Gasteiger partial charge is 0.249 e. The number of hydrogen-bond acceptors (Lipinski definition) is 2. The molecule has 52 valence electrons. The largest absolute Gasteiger partial charge is 0.368 e. The highest BCUT2D eigenvalue weighted by Gasteiger charge is 2.33. The summed E-state index contributed by atoms with van der Waals surface area (Å²) in [5.74, 6) is -0.430. The molecule has 2 atom stereocenters. The number of ether oxygens (including phenoxy) is 1. The van der Waals surface area contributed by atoms with Gasteiger partial charge in [0.05, 0.1) is 6.61 Å². The van der Waals surface area contributed by atoms with Gasteiger partial charge in [-0.3, -0.25) is 4.79 Å². The van der Waals surface area contributed by atoms with Crippen molar-refractivity contribution < 1.29 is 13.6 Å². The fourth-order valence-electron chi connectivity index (χ4n) is 0.790. The third kappa shape index (κ3) is 1.05. The molecule has 0 aromatic rings. The van der Waals surface area contributed by atoms with Crippen LogP contribution in [0.3, 0.4) is 0 Å². The zero-order valence-corrected chi connectivity index (χ0v) is 5.18. The summed E-state index contributed by atoms with van der Waals surface area (Å²) < 4.78 is 25.2.